The van der Waals surface area contributed by atoms with Crippen molar-refractivity contribution in [3.63, 3.8) is 0 Å². The van der Waals surface area contributed by atoms with E-state index in [1.807, 2.05) is 50.2 Å². The third kappa shape index (κ3) is 4.55. The zero-order valence-electron chi connectivity index (χ0n) is 18.7. The maximum absolute atomic E-state index is 13.6. The van der Waals surface area contributed by atoms with Crippen molar-refractivity contribution < 1.29 is 14.7 Å². The summed E-state index contributed by atoms with van der Waals surface area (Å²) in [6.45, 7) is 4.44. The molecule has 0 bridgehead atoms. The van der Waals surface area contributed by atoms with Gasteiger partial charge in [-0.2, -0.15) is 0 Å². The summed E-state index contributed by atoms with van der Waals surface area (Å²) in [6.07, 6.45) is -1.17. The molecule has 34 heavy (non-hydrogen) atoms. The van der Waals surface area contributed by atoms with Crippen molar-refractivity contribution in [3.8, 4) is 21.7 Å². The highest BCUT2D eigenvalue weighted by Crippen LogP contribution is 2.34. The minimum absolute atomic E-state index is 0.0231. The van der Waals surface area contributed by atoms with Gasteiger partial charge in [-0.15, -0.1) is 11.3 Å². The van der Waals surface area contributed by atoms with Crippen LogP contribution < -0.4 is 16.6 Å². The highest BCUT2D eigenvalue weighted by molar-refractivity contribution is 7.13. The lowest BCUT2D eigenvalue weighted by molar-refractivity contribution is 0.0996. The Morgan fingerprint density at radius 3 is 2.47 bits per heavy atom. The van der Waals surface area contributed by atoms with Crippen molar-refractivity contribution in [2.45, 2.75) is 26.9 Å². The van der Waals surface area contributed by atoms with E-state index in [2.05, 4.69) is 10.3 Å². The summed E-state index contributed by atoms with van der Waals surface area (Å²) in [5, 5.41) is 15.1. The number of amides is 2. The van der Waals surface area contributed by atoms with Gasteiger partial charge in [0.25, 0.3) is 11.5 Å². The molecule has 9 heteroatoms. The largest absolute Gasteiger partial charge is 0.465 e. The summed E-state index contributed by atoms with van der Waals surface area (Å²) in [5.41, 5.74) is 8.32. The second-order valence-electron chi connectivity index (χ2n) is 8.32. The average molecular weight is 477 g/mol. The predicted octanol–water partition coefficient (Wildman–Crippen LogP) is 4.31. The third-order valence-corrected chi connectivity index (χ3v) is 6.29. The molecule has 0 saturated carbocycles. The summed E-state index contributed by atoms with van der Waals surface area (Å²) in [6, 6.07) is 15.0. The molecule has 0 saturated heterocycles. The molecule has 174 valence electrons. The number of aromatic nitrogens is 2. The number of fused-ring (bicyclic) bond motifs is 1. The van der Waals surface area contributed by atoms with Gasteiger partial charge < -0.3 is 20.7 Å². The van der Waals surface area contributed by atoms with Crippen molar-refractivity contribution >= 4 is 34.1 Å². The molecule has 4 aromatic rings. The summed E-state index contributed by atoms with van der Waals surface area (Å²) in [7, 11) is 0. The molecule has 8 nitrogen and oxygen atoms in total. The van der Waals surface area contributed by atoms with Gasteiger partial charge in [-0.3, -0.25) is 9.59 Å². The number of rotatable bonds is 7. The lowest BCUT2D eigenvalue weighted by Gasteiger charge is -2.21. The van der Waals surface area contributed by atoms with Gasteiger partial charge in [0.2, 0.25) is 0 Å². The van der Waals surface area contributed by atoms with Crippen LogP contribution >= 0.6 is 11.3 Å². The number of nitrogens with zero attached hydrogens (tertiary/aromatic N) is 2. The molecule has 4 rings (SSSR count). The van der Waals surface area contributed by atoms with Crippen LogP contribution in [-0.2, 0) is 13.1 Å². The Morgan fingerprint density at radius 1 is 1.12 bits per heavy atom. The average Bonchev–Trinajstić information content (AvgIpc) is 3.30. The van der Waals surface area contributed by atoms with Crippen LogP contribution in [0.5, 0.6) is 0 Å². The van der Waals surface area contributed by atoms with E-state index in [-0.39, 0.29) is 23.7 Å². The molecule has 0 aliphatic carbocycles. The number of carbonyl (C=O) groups is 2. The maximum atomic E-state index is 13.6. The van der Waals surface area contributed by atoms with Crippen molar-refractivity contribution in [2.75, 3.05) is 0 Å². The van der Waals surface area contributed by atoms with Crippen LogP contribution in [0.2, 0.25) is 0 Å². The van der Waals surface area contributed by atoms with Crippen molar-refractivity contribution in [3.05, 3.63) is 75.7 Å². The first-order valence-electron chi connectivity index (χ1n) is 10.7. The fourth-order valence-corrected chi connectivity index (χ4v) is 4.78. The Hall–Kier alpha value is -3.98. The Kier molecular flexibility index (Phi) is 6.47. The van der Waals surface area contributed by atoms with Gasteiger partial charge >= 0.3 is 6.09 Å². The Labute approximate surface area is 199 Å². The molecular formula is C25H24N4O4S. The zero-order valence-corrected chi connectivity index (χ0v) is 19.6. The third-order valence-electron chi connectivity index (χ3n) is 5.40. The second-order valence-corrected chi connectivity index (χ2v) is 9.18. The van der Waals surface area contributed by atoms with Crippen molar-refractivity contribution in [1.82, 2.24) is 14.9 Å². The minimum atomic E-state index is -1.17. The van der Waals surface area contributed by atoms with E-state index < -0.39 is 12.0 Å². The number of nitrogens with one attached hydrogen (secondary N) is 1. The van der Waals surface area contributed by atoms with Gasteiger partial charge in [0.1, 0.15) is 10.7 Å². The zero-order chi connectivity index (χ0) is 24.4. The maximum Gasteiger partial charge on any atom is 0.404 e. The molecule has 0 aliphatic rings. The molecule has 2 amide bonds. The van der Waals surface area contributed by atoms with Gasteiger partial charge in [0.05, 0.1) is 6.54 Å². The number of hydrogen-bond donors (Lipinski definition) is 3. The first-order valence-corrected chi connectivity index (χ1v) is 11.6. The molecule has 0 aliphatic heterocycles. The number of hydrogen-bond acceptors (Lipinski definition) is 5. The summed E-state index contributed by atoms with van der Waals surface area (Å²) >= 11 is 1.29. The van der Waals surface area contributed by atoms with Gasteiger partial charge in [-0.05, 0) is 29.0 Å². The molecule has 0 radical (unpaired) electrons. The monoisotopic (exact) mass is 476 g/mol. The van der Waals surface area contributed by atoms with Crippen LogP contribution in [0.25, 0.3) is 32.5 Å². The van der Waals surface area contributed by atoms with Gasteiger partial charge in [0.15, 0.2) is 0 Å². The number of pyridine rings is 1. The molecular weight excluding hydrogens is 452 g/mol. The van der Waals surface area contributed by atoms with Gasteiger partial charge in [0, 0.05) is 34.1 Å². The van der Waals surface area contributed by atoms with E-state index >= 15 is 0 Å². The number of thiazole rings is 1. The summed E-state index contributed by atoms with van der Waals surface area (Å²) in [5.74, 6) is -0.434. The predicted molar refractivity (Wildman–Crippen MR) is 133 cm³/mol. The number of benzene rings is 2. The molecule has 0 unspecified atom stereocenters. The molecule has 0 spiro atoms. The molecule has 2 aromatic heterocycles. The van der Waals surface area contributed by atoms with E-state index in [0.717, 1.165) is 16.7 Å². The van der Waals surface area contributed by atoms with Crippen LogP contribution in [0.4, 0.5) is 4.79 Å². The smallest absolute Gasteiger partial charge is 0.404 e. The fourth-order valence-electron chi connectivity index (χ4n) is 3.98. The highest BCUT2D eigenvalue weighted by Gasteiger charge is 2.20. The minimum Gasteiger partial charge on any atom is -0.465 e. The lowest BCUT2D eigenvalue weighted by atomic mass is 9.95. The van der Waals surface area contributed by atoms with E-state index in [9.17, 15) is 19.5 Å². The topological polar surface area (TPSA) is 127 Å². The number of carbonyl (C=O) groups excluding carboxylic acids is 1. The van der Waals surface area contributed by atoms with E-state index in [1.54, 1.807) is 22.1 Å². The number of nitrogens with two attached hydrogens (primary N) is 1. The first kappa shape index (κ1) is 23.2. The van der Waals surface area contributed by atoms with Gasteiger partial charge in [-0.25, -0.2) is 9.78 Å². The molecule has 4 N–H and O–H groups in total. The Balaban J connectivity index is 2.05. The quantitative estimate of drug-likeness (QED) is 0.366. The number of carboxylic acid groups (broad SMARTS) is 1. The molecule has 2 heterocycles. The van der Waals surface area contributed by atoms with Crippen molar-refractivity contribution in [1.29, 1.82) is 0 Å². The summed E-state index contributed by atoms with van der Waals surface area (Å²) in [4.78, 5) is 40.8. The van der Waals surface area contributed by atoms with E-state index in [0.29, 0.717) is 28.0 Å². The molecule has 2 aromatic carbocycles. The SMILES string of the molecule is CC(C)Cn1c(CNC(=O)O)c(-c2ccccc2)c2cc(-c3nc(C(N)=O)cs3)ccc2c1=O. The van der Waals surface area contributed by atoms with Crippen LogP contribution in [0, 0.1) is 5.92 Å². The normalized spacial score (nSPS) is 11.1. The van der Waals surface area contributed by atoms with E-state index in [4.69, 9.17) is 5.73 Å². The Bertz CT molecular complexity index is 1440. The standard InChI is InChI=1S/C25H24N4O4S/c1-14(2)12-29-20(11-27-25(32)33)21(15-6-4-3-5-7-15)18-10-16(8-9-17(18)24(29)31)23-28-19(13-34-23)22(26)30/h3-10,13-14,27H,11-12H2,1-2H3,(H2,26,30)(H,32,33). The Morgan fingerprint density at radius 2 is 1.85 bits per heavy atom. The van der Waals surface area contributed by atoms with Crippen LogP contribution in [-0.4, -0.2) is 26.7 Å². The van der Waals surface area contributed by atoms with Crippen LogP contribution in [0.15, 0.2) is 58.7 Å². The number of primary amides is 1. The molecule has 0 fully saturated rings. The first-order chi connectivity index (χ1) is 16.3. The van der Waals surface area contributed by atoms with Crippen LogP contribution in [0.3, 0.4) is 0 Å². The summed E-state index contributed by atoms with van der Waals surface area (Å²) < 4.78 is 1.67. The fraction of sp³-hybridized carbons (Fsp3) is 0.200. The van der Waals surface area contributed by atoms with Gasteiger partial charge in [-0.1, -0.05) is 50.2 Å². The van der Waals surface area contributed by atoms with E-state index in [1.165, 1.54) is 11.3 Å². The van der Waals surface area contributed by atoms with Crippen LogP contribution in [0.1, 0.15) is 30.0 Å². The highest BCUT2D eigenvalue weighted by atomic mass is 32.1. The lowest BCUT2D eigenvalue weighted by Crippen LogP contribution is -2.31. The molecule has 0 atom stereocenters. The second kappa shape index (κ2) is 9.48. The van der Waals surface area contributed by atoms with Crippen molar-refractivity contribution in [2.24, 2.45) is 11.7 Å².